The molecule has 2 saturated heterocycles. The Morgan fingerprint density at radius 1 is 1.28 bits per heavy atom. The molecule has 2 heterocycles. The van der Waals surface area contributed by atoms with Crippen LogP contribution in [0.25, 0.3) is 0 Å². The summed E-state index contributed by atoms with van der Waals surface area (Å²) in [5.74, 6) is 1.86. The molecule has 0 amide bonds. The zero-order valence-electron chi connectivity index (χ0n) is 11.9. The van der Waals surface area contributed by atoms with Crippen LogP contribution < -0.4 is 5.32 Å². The first-order chi connectivity index (χ1) is 8.78. The summed E-state index contributed by atoms with van der Waals surface area (Å²) in [5.41, 5.74) is 0. The summed E-state index contributed by atoms with van der Waals surface area (Å²) in [6.45, 7) is 5.70. The van der Waals surface area contributed by atoms with Crippen molar-refractivity contribution in [2.75, 3.05) is 26.8 Å². The number of nitrogens with one attached hydrogen (secondary N) is 1. The van der Waals surface area contributed by atoms with E-state index in [4.69, 9.17) is 4.74 Å². The molecule has 3 rings (SSSR count). The number of ether oxygens (including phenoxy) is 1. The second-order valence-corrected chi connectivity index (χ2v) is 6.61. The minimum Gasteiger partial charge on any atom is -0.383 e. The first-order valence-electron chi connectivity index (χ1n) is 7.77. The van der Waals surface area contributed by atoms with Crippen LogP contribution in [0.4, 0.5) is 0 Å². The first-order valence-corrected chi connectivity index (χ1v) is 7.77. The molecule has 3 heteroatoms. The first kappa shape index (κ1) is 12.9. The molecule has 0 aromatic heterocycles. The predicted molar refractivity (Wildman–Crippen MR) is 73.7 cm³/mol. The molecule has 18 heavy (non-hydrogen) atoms. The Morgan fingerprint density at radius 2 is 2.11 bits per heavy atom. The van der Waals surface area contributed by atoms with Gasteiger partial charge in [-0.3, -0.25) is 4.90 Å². The lowest BCUT2D eigenvalue weighted by atomic mass is 9.88. The second-order valence-electron chi connectivity index (χ2n) is 6.61. The van der Waals surface area contributed by atoms with Crippen LogP contribution in [0.3, 0.4) is 0 Å². The van der Waals surface area contributed by atoms with Gasteiger partial charge in [0.2, 0.25) is 0 Å². The Morgan fingerprint density at radius 3 is 2.67 bits per heavy atom. The van der Waals surface area contributed by atoms with Gasteiger partial charge in [0, 0.05) is 38.3 Å². The van der Waals surface area contributed by atoms with Crippen molar-refractivity contribution in [2.24, 2.45) is 11.8 Å². The summed E-state index contributed by atoms with van der Waals surface area (Å²) >= 11 is 0. The van der Waals surface area contributed by atoms with E-state index in [-0.39, 0.29) is 0 Å². The summed E-state index contributed by atoms with van der Waals surface area (Å²) in [7, 11) is 1.82. The van der Waals surface area contributed by atoms with Gasteiger partial charge in [-0.25, -0.2) is 0 Å². The number of hydrogen-bond donors (Lipinski definition) is 1. The maximum absolute atomic E-state index is 5.29. The molecule has 2 aliphatic heterocycles. The summed E-state index contributed by atoms with van der Waals surface area (Å²) in [6, 6.07) is 2.41. The van der Waals surface area contributed by atoms with Crippen molar-refractivity contribution in [3.05, 3.63) is 0 Å². The third-order valence-corrected chi connectivity index (χ3v) is 5.36. The molecule has 3 fully saturated rings. The monoisotopic (exact) mass is 252 g/mol. The van der Waals surface area contributed by atoms with Crippen molar-refractivity contribution in [2.45, 2.75) is 57.2 Å². The van der Waals surface area contributed by atoms with E-state index < -0.39 is 0 Å². The van der Waals surface area contributed by atoms with Crippen molar-refractivity contribution < 1.29 is 4.74 Å². The highest BCUT2D eigenvalue weighted by atomic mass is 16.5. The van der Waals surface area contributed by atoms with Crippen molar-refractivity contribution in [1.82, 2.24) is 10.2 Å². The molecule has 0 aromatic rings. The zero-order chi connectivity index (χ0) is 12.5. The standard InChI is InChI=1S/C15H28N2O/c1-11(12-3-4-12)17(7-8-18-2)10-13-9-14-5-6-15(13)16-14/h11-16H,3-10H2,1-2H3. The lowest BCUT2D eigenvalue weighted by Crippen LogP contribution is -2.43. The molecular formula is C15H28N2O. The van der Waals surface area contributed by atoms with Crippen LogP contribution in [0.5, 0.6) is 0 Å². The molecule has 3 nitrogen and oxygen atoms in total. The molecular weight excluding hydrogens is 224 g/mol. The van der Waals surface area contributed by atoms with Gasteiger partial charge in [-0.2, -0.15) is 0 Å². The van der Waals surface area contributed by atoms with Gasteiger partial charge < -0.3 is 10.1 Å². The van der Waals surface area contributed by atoms with Crippen LogP contribution >= 0.6 is 0 Å². The normalized spacial score (nSPS) is 36.5. The van der Waals surface area contributed by atoms with E-state index in [1.807, 2.05) is 7.11 Å². The van der Waals surface area contributed by atoms with Crippen molar-refractivity contribution >= 4 is 0 Å². The molecule has 4 atom stereocenters. The van der Waals surface area contributed by atoms with Gasteiger partial charge in [0.25, 0.3) is 0 Å². The molecule has 1 N–H and O–H groups in total. The van der Waals surface area contributed by atoms with E-state index in [0.717, 1.165) is 43.1 Å². The fourth-order valence-electron chi connectivity index (χ4n) is 3.99. The number of nitrogens with zero attached hydrogens (tertiary/aromatic N) is 1. The number of fused-ring (bicyclic) bond motifs is 2. The smallest absolute Gasteiger partial charge is 0.0589 e. The molecule has 4 unspecified atom stereocenters. The van der Waals surface area contributed by atoms with Gasteiger partial charge in [-0.05, 0) is 50.9 Å². The maximum Gasteiger partial charge on any atom is 0.0589 e. The minimum atomic E-state index is 0.763. The molecule has 0 radical (unpaired) electrons. The Labute approximate surface area is 111 Å². The Balaban J connectivity index is 1.54. The average molecular weight is 252 g/mol. The lowest BCUT2D eigenvalue weighted by Gasteiger charge is -2.33. The molecule has 0 aromatic carbocycles. The van der Waals surface area contributed by atoms with Crippen LogP contribution in [0.1, 0.15) is 39.0 Å². The Hall–Kier alpha value is -0.120. The van der Waals surface area contributed by atoms with E-state index in [2.05, 4.69) is 17.1 Å². The zero-order valence-corrected chi connectivity index (χ0v) is 11.9. The average Bonchev–Trinajstić information content (AvgIpc) is 3.03. The number of rotatable bonds is 7. The van der Waals surface area contributed by atoms with Crippen LogP contribution in [-0.2, 0) is 4.74 Å². The lowest BCUT2D eigenvalue weighted by molar-refractivity contribution is 0.0984. The van der Waals surface area contributed by atoms with Crippen molar-refractivity contribution in [3.8, 4) is 0 Å². The largest absolute Gasteiger partial charge is 0.383 e. The maximum atomic E-state index is 5.29. The topological polar surface area (TPSA) is 24.5 Å². The van der Waals surface area contributed by atoms with Gasteiger partial charge in [-0.1, -0.05) is 0 Å². The van der Waals surface area contributed by atoms with Gasteiger partial charge in [0.05, 0.1) is 6.61 Å². The van der Waals surface area contributed by atoms with E-state index in [9.17, 15) is 0 Å². The van der Waals surface area contributed by atoms with Crippen LogP contribution in [-0.4, -0.2) is 49.8 Å². The summed E-state index contributed by atoms with van der Waals surface area (Å²) < 4.78 is 5.29. The van der Waals surface area contributed by atoms with E-state index in [1.54, 1.807) is 0 Å². The third-order valence-electron chi connectivity index (χ3n) is 5.36. The molecule has 1 aliphatic carbocycles. The predicted octanol–water partition coefficient (Wildman–Crippen LogP) is 1.87. The SMILES string of the molecule is COCCN(CC1CC2CCC1N2)C(C)C1CC1. The summed E-state index contributed by atoms with van der Waals surface area (Å²) in [4.78, 5) is 2.70. The van der Waals surface area contributed by atoms with Gasteiger partial charge in [-0.15, -0.1) is 0 Å². The van der Waals surface area contributed by atoms with E-state index >= 15 is 0 Å². The van der Waals surface area contributed by atoms with Gasteiger partial charge in [0.15, 0.2) is 0 Å². The fourth-order valence-corrected chi connectivity index (χ4v) is 3.99. The van der Waals surface area contributed by atoms with Crippen molar-refractivity contribution in [1.29, 1.82) is 0 Å². The van der Waals surface area contributed by atoms with E-state index in [1.165, 1.54) is 38.6 Å². The Kier molecular flexibility index (Phi) is 3.92. The molecule has 1 saturated carbocycles. The highest BCUT2D eigenvalue weighted by molar-refractivity contribution is 4.99. The Bertz CT molecular complexity index is 280. The van der Waals surface area contributed by atoms with E-state index in [0.29, 0.717) is 0 Å². The minimum absolute atomic E-state index is 0.763. The van der Waals surface area contributed by atoms with Crippen LogP contribution in [0.15, 0.2) is 0 Å². The van der Waals surface area contributed by atoms with Gasteiger partial charge >= 0.3 is 0 Å². The molecule has 0 spiro atoms. The molecule has 2 bridgehead atoms. The van der Waals surface area contributed by atoms with Crippen LogP contribution in [0.2, 0.25) is 0 Å². The third kappa shape index (κ3) is 2.73. The summed E-state index contributed by atoms with van der Waals surface area (Å²) in [5, 5.41) is 3.77. The summed E-state index contributed by atoms with van der Waals surface area (Å²) in [6.07, 6.45) is 7.12. The second kappa shape index (κ2) is 5.48. The molecule has 104 valence electrons. The fraction of sp³-hybridized carbons (Fsp3) is 1.00. The number of methoxy groups -OCH3 is 1. The quantitative estimate of drug-likeness (QED) is 0.748. The number of hydrogen-bond acceptors (Lipinski definition) is 3. The highest BCUT2D eigenvalue weighted by Gasteiger charge is 2.41. The van der Waals surface area contributed by atoms with Crippen LogP contribution in [0, 0.1) is 11.8 Å². The van der Waals surface area contributed by atoms with Crippen molar-refractivity contribution in [3.63, 3.8) is 0 Å². The molecule has 3 aliphatic rings. The van der Waals surface area contributed by atoms with Gasteiger partial charge in [0.1, 0.15) is 0 Å². The highest BCUT2D eigenvalue weighted by Crippen LogP contribution is 2.38.